The first kappa shape index (κ1) is 26.1. The van der Waals surface area contributed by atoms with E-state index in [0.29, 0.717) is 42.0 Å². The Balaban J connectivity index is 1.56. The zero-order valence-electron chi connectivity index (χ0n) is 20.1. The molecule has 2 N–H and O–H groups in total. The van der Waals surface area contributed by atoms with E-state index in [9.17, 15) is 14.0 Å². The van der Waals surface area contributed by atoms with Gasteiger partial charge in [0.1, 0.15) is 22.0 Å². The summed E-state index contributed by atoms with van der Waals surface area (Å²) >= 11 is 7.21. The van der Waals surface area contributed by atoms with Crippen LogP contribution < -0.4 is 10.2 Å². The standard InChI is InChI=1S/C24H27ClFN5O4S/c1-4-34-18-12-31(10-8-16(18)29-22(32)17-11-14(25)13(3)28-17)24-30-20(19-15(26)7-6-9-27-19)21(36-24)23(33)35-5-2/h6-7,9,11,16,18,28H,4-5,8,10,12H2,1-3H3,(H,29,32)/t16-,18+/m1/s1. The highest BCUT2D eigenvalue weighted by Gasteiger charge is 2.34. The summed E-state index contributed by atoms with van der Waals surface area (Å²) in [5.74, 6) is -1.42. The molecule has 0 aromatic carbocycles. The number of ether oxygens (including phenoxy) is 2. The fourth-order valence-electron chi connectivity index (χ4n) is 4.04. The van der Waals surface area contributed by atoms with Crippen molar-refractivity contribution < 1.29 is 23.5 Å². The lowest BCUT2D eigenvalue weighted by atomic mass is 10.0. The van der Waals surface area contributed by atoms with Gasteiger partial charge in [0.15, 0.2) is 10.9 Å². The average molecular weight is 536 g/mol. The van der Waals surface area contributed by atoms with Crippen LogP contribution in [0.25, 0.3) is 11.4 Å². The average Bonchev–Trinajstić information content (AvgIpc) is 3.44. The molecular formula is C24H27ClFN5O4S. The first-order chi connectivity index (χ1) is 17.3. The van der Waals surface area contributed by atoms with Crippen molar-refractivity contribution >= 4 is 39.9 Å². The zero-order valence-corrected chi connectivity index (χ0v) is 21.7. The Kier molecular flexibility index (Phi) is 8.22. The number of aromatic amines is 1. The summed E-state index contributed by atoms with van der Waals surface area (Å²) < 4.78 is 25.7. The van der Waals surface area contributed by atoms with Crippen LogP contribution in [0.15, 0.2) is 24.4 Å². The first-order valence-electron chi connectivity index (χ1n) is 11.6. The summed E-state index contributed by atoms with van der Waals surface area (Å²) in [6.45, 7) is 6.98. The molecule has 0 saturated carbocycles. The SMILES string of the molecule is CCOC(=O)c1sc(N2CC[C@@H](NC(=O)c3cc(Cl)c(C)[nH]3)[C@@H](OCC)C2)nc1-c1ncccc1F. The van der Waals surface area contributed by atoms with Crippen molar-refractivity contribution in [2.75, 3.05) is 31.2 Å². The van der Waals surface area contributed by atoms with Gasteiger partial charge in [-0.15, -0.1) is 0 Å². The molecule has 1 saturated heterocycles. The minimum atomic E-state index is -0.579. The van der Waals surface area contributed by atoms with Crippen LogP contribution >= 0.6 is 22.9 Å². The second-order valence-corrected chi connectivity index (χ2v) is 9.58. The first-order valence-corrected chi connectivity index (χ1v) is 12.8. The topological polar surface area (TPSA) is 109 Å². The molecule has 36 heavy (non-hydrogen) atoms. The van der Waals surface area contributed by atoms with Crippen LogP contribution in [-0.2, 0) is 9.47 Å². The van der Waals surface area contributed by atoms with Gasteiger partial charge in [-0.2, -0.15) is 0 Å². The number of aryl methyl sites for hydroxylation is 1. The molecule has 1 aliphatic rings. The number of hydrogen-bond acceptors (Lipinski definition) is 8. The number of esters is 1. The Labute approximate surface area is 217 Å². The Morgan fingerprint density at radius 3 is 2.81 bits per heavy atom. The zero-order chi connectivity index (χ0) is 25.8. The molecule has 0 radical (unpaired) electrons. The van der Waals surface area contributed by atoms with E-state index in [0.717, 1.165) is 17.0 Å². The van der Waals surface area contributed by atoms with E-state index in [4.69, 9.17) is 21.1 Å². The van der Waals surface area contributed by atoms with Gasteiger partial charge in [-0.05, 0) is 45.4 Å². The molecule has 192 valence electrons. The molecule has 3 aromatic heterocycles. The smallest absolute Gasteiger partial charge is 0.350 e. The lowest BCUT2D eigenvalue weighted by Gasteiger charge is -2.38. The van der Waals surface area contributed by atoms with Gasteiger partial charge in [0.25, 0.3) is 5.91 Å². The van der Waals surface area contributed by atoms with Gasteiger partial charge in [-0.3, -0.25) is 9.78 Å². The van der Waals surface area contributed by atoms with Gasteiger partial charge in [-0.25, -0.2) is 14.2 Å². The molecule has 3 aromatic rings. The van der Waals surface area contributed by atoms with Crippen molar-refractivity contribution in [3.05, 3.63) is 51.5 Å². The minimum Gasteiger partial charge on any atom is -0.462 e. The Morgan fingerprint density at radius 2 is 2.14 bits per heavy atom. The quantitative estimate of drug-likeness (QED) is 0.415. The van der Waals surface area contributed by atoms with Crippen LogP contribution in [0.2, 0.25) is 5.02 Å². The predicted octanol–water partition coefficient (Wildman–Crippen LogP) is 4.22. The van der Waals surface area contributed by atoms with Gasteiger partial charge in [0.05, 0.1) is 23.8 Å². The summed E-state index contributed by atoms with van der Waals surface area (Å²) in [4.78, 5) is 39.2. The van der Waals surface area contributed by atoms with E-state index in [1.807, 2.05) is 11.8 Å². The predicted molar refractivity (Wildman–Crippen MR) is 135 cm³/mol. The molecule has 1 amide bonds. The molecule has 0 spiro atoms. The number of halogens is 2. The van der Waals surface area contributed by atoms with E-state index in [1.165, 1.54) is 18.3 Å². The van der Waals surface area contributed by atoms with Gasteiger partial charge in [0, 0.05) is 31.6 Å². The van der Waals surface area contributed by atoms with Crippen LogP contribution in [0, 0.1) is 12.7 Å². The molecule has 4 rings (SSSR count). The van der Waals surface area contributed by atoms with Gasteiger partial charge >= 0.3 is 5.97 Å². The number of rotatable bonds is 8. The fraction of sp³-hybridized carbons (Fsp3) is 0.417. The van der Waals surface area contributed by atoms with Crippen LogP contribution in [0.4, 0.5) is 9.52 Å². The Bertz CT molecular complexity index is 1230. The molecule has 4 heterocycles. The van der Waals surface area contributed by atoms with Crippen LogP contribution in [0.5, 0.6) is 0 Å². The van der Waals surface area contributed by atoms with Crippen molar-refractivity contribution in [1.82, 2.24) is 20.3 Å². The van der Waals surface area contributed by atoms with Crippen molar-refractivity contribution in [2.45, 2.75) is 39.3 Å². The van der Waals surface area contributed by atoms with Crippen molar-refractivity contribution in [2.24, 2.45) is 0 Å². The number of amides is 1. The molecule has 0 aliphatic carbocycles. The van der Waals surface area contributed by atoms with Crippen LogP contribution in [0.1, 0.15) is 46.1 Å². The maximum atomic E-state index is 14.5. The van der Waals surface area contributed by atoms with Crippen LogP contribution in [0.3, 0.4) is 0 Å². The normalized spacial score (nSPS) is 17.8. The number of carbonyl (C=O) groups is 2. The summed E-state index contributed by atoms with van der Waals surface area (Å²) in [6, 6.07) is 4.11. The van der Waals surface area contributed by atoms with E-state index in [1.54, 1.807) is 19.9 Å². The summed E-state index contributed by atoms with van der Waals surface area (Å²) in [5.41, 5.74) is 1.25. The Hall–Kier alpha value is -3.02. The second kappa shape index (κ2) is 11.4. The van der Waals surface area contributed by atoms with Gasteiger partial charge < -0.3 is 24.7 Å². The number of aromatic nitrogens is 3. The number of thiazole rings is 1. The third-order valence-electron chi connectivity index (χ3n) is 5.78. The highest BCUT2D eigenvalue weighted by atomic mass is 35.5. The van der Waals surface area contributed by atoms with Crippen LogP contribution in [-0.4, -0.2) is 65.3 Å². The fourth-order valence-corrected chi connectivity index (χ4v) is 5.19. The van der Waals surface area contributed by atoms with E-state index in [2.05, 4.69) is 20.3 Å². The Morgan fingerprint density at radius 1 is 1.33 bits per heavy atom. The number of hydrogen-bond donors (Lipinski definition) is 2. The molecule has 1 fully saturated rings. The number of piperidine rings is 1. The van der Waals surface area contributed by atoms with E-state index >= 15 is 0 Å². The number of carbonyl (C=O) groups excluding carboxylic acids is 2. The van der Waals surface area contributed by atoms with Crippen molar-refractivity contribution in [1.29, 1.82) is 0 Å². The highest BCUT2D eigenvalue weighted by molar-refractivity contribution is 7.17. The third-order valence-corrected chi connectivity index (χ3v) is 7.27. The molecule has 0 unspecified atom stereocenters. The molecule has 9 nitrogen and oxygen atoms in total. The van der Waals surface area contributed by atoms with Gasteiger partial charge in [0.2, 0.25) is 0 Å². The van der Waals surface area contributed by atoms with Gasteiger partial charge in [-0.1, -0.05) is 22.9 Å². The highest BCUT2D eigenvalue weighted by Crippen LogP contribution is 2.35. The monoisotopic (exact) mass is 535 g/mol. The largest absolute Gasteiger partial charge is 0.462 e. The molecule has 12 heteroatoms. The lowest BCUT2D eigenvalue weighted by molar-refractivity contribution is 0.0272. The minimum absolute atomic E-state index is 0.00790. The third kappa shape index (κ3) is 5.53. The molecule has 1 aliphatic heterocycles. The number of nitrogens with zero attached hydrogens (tertiary/aromatic N) is 3. The summed E-state index contributed by atoms with van der Waals surface area (Å²) in [5, 5.41) is 4.06. The maximum absolute atomic E-state index is 14.5. The number of nitrogens with one attached hydrogen (secondary N) is 2. The van der Waals surface area contributed by atoms with Crippen molar-refractivity contribution in [3.8, 4) is 11.4 Å². The van der Waals surface area contributed by atoms with E-state index < -0.39 is 11.8 Å². The second-order valence-electron chi connectivity index (χ2n) is 8.19. The molecule has 2 atom stereocenters. The number of H-pyrrole nitrogens is 1. The summed E-state index contributed by atoms with van der Waals surface area (Å²) in [6.07, 6.45) is 1.69. The van der Waals surface area contributed by atoms with Crippen molar-refractivity contribution in [3.63, 3.8) is 0 Å². The lowest BCUT2D eigenvalue weighted by Crippen LogP contribution is -2.55. The number of anilines is 1. The van der Waals surface area contributed by atoms with E-state index in [-0.39, 0.29) is 40.9 Å². The molecule has 0 bridgehead atoms. The summed E-state index contributed by atoms with van der Waals surface area (Å²) in [7, 11) is 0. The maximum Gasteiger partial charge on any atom is 0.350 e. The molecular weight excluding hydrogens is 509 g/mol. The number of pyridine rings is 1.